The van der Waals surface area contributed by atoms with Gasteiger partial charge in [0.15, 0.2) is 0 Å². The van der Waals surface area contributed by atoms with E-state index >= 15 is 0 Å². The first-order valence-electron chi connectivity index (χ1n) is 7.57. The maximum absolute atomic E-state index is 12.0. The van der Waals surface area contributed by atoms with Gasteiger partial charge in [-0.05, 0) is 55.3 Å². The molecule has 0 radical (unpaired) electrons. The van der Waals surface area contributed by atoms with Crippen molar-refractivity contribution < 1.29 is 17.9 Å². The van der Waals surface area contributed by atoms with Crippen LogP contribution in [-0.4, -0.2) is 25.1 Å². The van der Waals surface area contributed by atoms with Crippen LogP contribution in [0.4, 0.5) is 13.2 Å². The second-order valence-electron chi connectivity index (χ2n) is 8.13. The van der Waals surface area contributed by atoms with Gasteiger partial charge in [-0.2, -0.15) is 0 Å². The largest absolute Gasteiger partial charge is 0.522 e. The van der Waals surface area contributed by atoms with E-state index in [9.17, 15) is 13.2 Å². The van der Waals surface area contributed by atoms with Crippen molar-refractivity contribution >= 4 is 0 Å². The molecule has 4 aliphatic rings. The van der Waals surface area contributed by atoms with E-state index in [1.807, 2.05) is 0 Å². The summed E-state index contributed by atoms with van der Waals surface area (Å²) in [7, 11) is 0. The molecular formula is C15H24F3NO. The molecule has 0 spiro atoms. The van der Waals surface area contributed by atoms with Gasteiger partial charge in [0, 0.05) is 12.1 Å². The third kappa shape index (κ3) is 2.84. The molecule has 0 amide bonds. The summed E-state index contributed by atoms with van der Waals surface area (Å²) in [6.45, 7) is 4.72. The van der Waals surface area contributed by atoms with Crippen molar-refractivity contribution in [2.45, 2.75) is 64.3 Å². The maximum Gasteiger partial charge on any atom is 0.522 e. The molecule has 1 N–H and O–H groups in total. The highest BCUT2D eigenvalue weighted by atomic mass is 19.4. The SMILES string of the molecule is CC12CC3CC(C)(C1)CC(NCCOC(F)(F)F)(C3)C2. The Morgan fingerprint density at radius 3 is 2.15 bits per heavy atom. The van der Waals surface area contributed by atoms with Crippen molar-refractivity contribution in [3.63, 3.8) is 0 Å². The minimum absolute atomic E-state index is 0.0534. The fraction of sp³-hybridized carbons (Fsp3) is 1.00. The molecule has 2 nitrogen and oxygen atoms in total. The third-order valence-electron chi connectivity index (χ3n) is 5.49. The number of hydrogen-bond acceptors (Lipinski definition) is 2. The van der Waals surface area contributed by atoms with E-state index in [1.54, 1.807) is 0 Å². The minimum atomic E-state index is -4.51. The van der Waals surface area contributed by atoms with Crippen LogP contribution in [-0.2, 0) is 4.74 Å². The highest BCUT2D eigenvalue weighted by Crippen LogP contribution is 2.66. The van der Waals surface area contributed by atoms with E-state index in [2.05, 4.69) is 23.9 Å². The highest BCUT2D eigenvalue weighted by Gasteiger charge is 2.59. The predicted molar refractivity (Wildman–Crippen MR) is 70.1 cm³/mol. The zero-order valence-corrected chi connectivity index (χ0v) is 12.3. The van der Waals surface area contributed by atoms with Crippen LogP contribution in [0.1, 0.15) is 52.4 Å². The van der Waals surface area contributed by atoms with Gasteiger partial charge < -0.3 is 5.32 Å². The standard InChI is InChI=1S/C15H24F3NO/c1-12-5-11-6-13(2,8-12)10-14(7-11,9-12)19-3-4-20-15(16,17)18/h11,19H,3-10H2,1-2H3. The second-order valence-corrected chi connectivity index (χ2v) is 8.13. The summed E-state index contributed by atoms with van der Waals surface area (Å²) in [4.78, 5) is 0. The Morgan fingerprint density at radius 2 is 1.65 bits per heavy atom. The van der Waals surface area contributed by atoms with Crippen molar-refractivity contribution in [2.24, 2.45) is 16.7 Å². The molecule has 0 aromatic rings. The Hall–Kier alpha value is -0.290. The summed E-state index contributed by atoms with van der Waals surface area (Å²) in [5, 5.41) is 3.43. The molecule has 0 aliphatic heterocycles. The van der Waals surface area contributed by atoms with Gasteiger partial charge in [-0.3, -0.25) is 4.74 Å². The van der Waals surface area contributed by atoms with E-state index in [-0.39, 0.29) is 12.1 Å². The smallest absolute Gasteiger partial charge is 0.309 e. The zero-order chi connectivity index (χ0) is 14.6. The van der Waals surface area contributed by atoms with Crippen LogP contribution in [0.2, 0.25) is 0 Å². The first-order chi connectivity index (χ1) is 9.11. The van der Waals surface area contributed by atoms with Crippen LogP contribution < -0.4 is 5.32 Å². The molecule has 0 aromatic carbocycles. The van der Waals surface area contributed by atoms with Gasteiger partial charge in [0.1, 0.15) is 0 Å². The van der Waals surface area contributed by atoms with Crippen LogP contribution in [0.5, 0.6) is 0 Å². The van der Waals surface area contributed by atoms with Crippen LogP contribution in [0.25, 0.3) is 0 Å². The maximum atomic E-state index is 12.0. The molecule has 4 rings (SSSR count). The number of nitrogens with one attached hydrogen (secondary N) is 1. The Bertz CT molecular complexity index is 377. The zero-order valence-electron chi connectivity index (χ0n) is 12.3. The van der Waals surface area contributed by atoms with E-state index in [0.717, 1.165) is 25.2 Å². The molecule has 2 atom stereocenters. The molecule has 2 unspecified atom stereocenters. The number of alkyl halides is 3. The summed E-state index contributed by atoms with van der Waals surface area (Å²) in [6, 6.07) is 0. The first kappa shape index (κ1) is 14.6. The summed E-state index contributed by atoms with van der Waals surface area (Å²) in [5.41, 5.74) is 0.815. The van der Waals surface area contributed by atoms with E-state index < -0.39 is 6.36 Å². The molecule has 4 bridgehead atoms. The van der Waals surface area contributed by atoms with Gasteiger partial charge in [-0.25, -0.2) is 0 Å². The average Bonchev–Trinajstić information content (AvgIpc) is 2.17. The number of halogens is 3. The van der Waals surface area contributed by atoms with E-state index in [0.29, 0.717) is 17.4 Å². The lowest BCUT2D eigenvalue weighted by molar-refractivity contribution is -0.324. The normalized spacial score (nSPS) is 47.0. The molecule has 4 fully saturated rings. The van der Waals surface area contributed by atoms with Crippen molar-refractivity contribution in [1.29, 1.82) is 0 Å². The average molecular weight is 291 g/mol. The molecule has 0 aromatic heterocycles. The number of rotatable bonds is 4. The summed E-state index contributed by atoms with van der Waals surface area (Å²) in [6.07, 6.45) is 2.71. The summed E-state index contributed by atoms with van der Waals surface area (Å²) in [5.74, 6) is 0.747. The van der Waals surface area contributed by atoms with Gasteiger partial charge in [0.25, 0.3) is 0 Å². The number of hydrogen-bond donors (Lipinski definition) is 1. The van der Waals surface area contributed by atoms with Crippen molar-refractivity contribution in [1.82, 2.24) is 5.32 Å². The minimum Gasteiger partial charge on any atom is -0.309 e. The summed E-state index contributed by atoms with van der Waals surface area (Å²) < 4.78 is 39.9. The van der Waals surface area contributed by atoms with Gasteiger partial charge in [-0.1, -0.05) is 13.8 Å². The van der Waals surface area contributed by atoms with Gasteiger partial charge in [0.05, 0.1) is 6.61 Å². The Morgan fingerprint density at radius 1 is 1.05 bits per heavy atom. The lowest BCUT2D eigenvalue weighted by Gasteiger charge is -2.65. The molecule has 20 heavy (non-hydrogen) atoms. The van der Waals surface area contributed by atoms with Crippen LogP contribution in [0.3, 0.4) is 0 Å². The third-order valence-corrected chi connectivity index (χ3v) is 5.49. The van der Waals surface area contributed by atoms with Crippen molar-refractivity contribution in [3.8, 4) is 0 Å². The lowest BCUT2D eigenvalue weighted by atomic mass is 9.43. The topological polar surface area (TPSA) is 21.3 Å². The summed E-state index contributed by atoms with van der Waals surface area (Å²) >= 11 is 0. The first-order valence-corrected chi connectivity index (χ1v) is 7.57. The second kappa shape index (κ2) is 4.35. The molecular weight excluding hydrogens is 267 g/mol. The Labute approximate surface area is 118 Å². The van der Waals surface area contributed by atoms with Crippen LogP contribution >= 0.6 is 0 Å². The molecule has 0 saturated heterocycles. The molecule has 0 heterocycles. The molecule has 4 aliphatic carbocycles. The fourth-order valence-electron chi connectivity index (χ4n) is 6.13. The monoisotopic (exact) mass is 291 g/mol. The lowest BCUT2D eigenvalue weighted by Crippen LogP contribution is -2.64. The molecule has 4 saturated carbocycles. The fourth-order valence-corrected chi connectivity index (χ4v) is 6.13. The van der Waals surface area contributed by atoms with E-state index in [1.165, 1.54) is 19.3 Å². The van der Waals surface area contributed by atoms with Crippen LogP contribution in [0.15, 0.2) is 0 Å². The van der Waals surface area contributed by atoms with E-state index in [4.69, 9.17) is 0 Å². The van der Waals surface area contributed by atoms with Crippen molar-refractivity contribution in [2.75, 3.05) is 13.2 Å². The highest BCUT2D eigenvalue weighted by molar-refractivity contribution is 5.14. The quantitative estimate of drug-likeness (QED) is 0.794. The van der Waals surface area contributed by atoms with Gasteiger partial charge in [0.2, 0.25) is 0 Å². The molecule has 5 heteroatoms. The van der Waals surface area contributed by atoms with Gasteiger partial charge >= 0.3 is 6.36 Å². The molecule has 116 valence electrons. The predicted octanol–water partition coefficient (Wildman–Crippen LogP) is 3.86. The van der Waals surface area contributed by atoms with Gasteiger partial charge in [-0.15, -0.1) is 13.2 Å². The van der Waals surface area contributed by atoms with Crippen molar-refractivity contribution in [3.05, 3.63) is 0 Å². The van der Waals surface area contributed by atoms with Crippen LogP contribution in [0, 0.1) is 16.7 Å². The Kier molecular flexibility index (Phi) is 3.19. The Balaban J connectivity index is 1.61. The number of ether oxygens (including phenoxy) is 1.